The first kappa shape index (κ1) is 22.8. The summed E-state index contributed by atoms with van der Waals surface area (Å²) in [6.45, 7) is 4.46. The van der Waals surface area contributed by atoms with Crippen molar-refractivity contribution >= 4 is 21.6 Å². The average molecular weight is 457 g/mol. The van der Waals surface area contributed by atoms with Crippen molar-refractivity contribution in [2.45, 2.75) is 63.4 Å². The van der Waals surface area contributed by atoms with Crippen LogP contribution < -0.4 is 10.1 Å². The van der Waals surface area contributed by atoms with Gasteiger partial charge in [0, 0.05) is 30.8 Å². The molecule has 2 aromatic carbocycles. The third-order valence-electron chi connectivity index (χ3n) is 6.48. The first-order valence-corrected chi connectivity index (χ1v) is 12.9. The fourth-order valence-electron chi connectivity index (χ4n) is 4.68. The number of anilines is 1. The Hall–Kier alpha value is -2.38. The molecule has 2 fully saturated rings. The van der Waals surface area contributed by atoms with Gasteiger partial charge in [-0.1, -0.05) is 23.8 Å². The molecule has 172 valence electrons. The topological polar surface area (TPSA) is 75.7 Å². The number of aryl methyl sites for hydroxylation is 2. The molecule has 0 radical (unpaired) electrons. The third kappa shape index (κ3) is 5.15. The predicted molar refractivity (Wildman–Crippen MR) is 125 cm³/mol. The van der Waals surface area contributed by atoms with Crippen LogP contribution in [0.2, 0.25) is 0 Å². The second kappa shape index (κ2) is 9.63. The van der Waals surface area contributed by atoms with Crippen LogP contribution in [0, 0.1) is 19.8 Å². The molecule has 1 saturated carbocycles. The normalized spacial score (nSPS) is 18.6. The second-order valence-corrected chi connectivity index (χ2v) is 10.9. The summed E-state index contributed by atoms with van der Waals surface area (Å²) in [5.74, 6) is 0.510. The molecule has 0 bridgehead atoms. The minimum atomic E-state index is -3.55. The number of amides is 1. The quantitative estimate of drug-likeness (QED) is 0.686. The fraction of sp³-hybridized carbons (Fsp3) is 0.480. The van der Waals surface area contributed by atoms with Gasteiger partial charge in [0.15, 0.2) is 0 Å². The molecule has 1 saturated heterocycles. The Bertz CT molecular complexity index is 1070. The van der Waals surface area contributed by atoms with Crippen LogP contribution >= 0.6 is 0 Å². The SMILES string of the molecule is Cc1ccc(S(=O)(=O)N2CCC(C(=O)Nc3cccc(OC4CCCC4)c3)CC2)c(C)c1. The Balaban J connectivity index is 1.34. The van der Waals surface area contributed by atoms with Crippen LogP contribution in [0.4, 0.5) is 5.69 Å². The molecule has 0 spiro atoms. The Kier molecular flexibility index (Phi) is 6.86. The molecule has 2 aliphatic rings. The Morgan fingerprint density at radius 3 is 2.41 bits per heavy atom. The van der Waals surface area contributed by atoms with Crippen molar-refractivity contribution < 1.29 is 17.9 Å². The lowest BCUT2D eigenvalue weighted by molar-refractivity contribution is -0.120. The van der Waals surface area contributed by atoms with Crippen LogP contribution in [0.1, 0.15) is 49.7 Å². The molecule has 1 heterocycles. The van der Waals surface area contributed by atoms with Crippen molar-refractivity contribution in [2.24, 2.45) is 5.92 Å². The number of piperidine rings is 1. The molecular weight excluding hydrogens is 424 g/mol. The molecule has 1 amide bonds. The molecule has 0 aromatic heterocycles. The summed E-state index contributed by atoms with van der Waals surface area (Å²) in [6.07, 6.45) is 5.87. The van der Waals surface area contributed by atoms with Crippen LogP contribution in [0.5, 0.6) is 5.75 Å². The molecule has 1 N–H and O–H groups in total. The lowest BCUT2D eigenvalue weighted by Crippen LogP contribution is -2.41. The van der Waals surface area contributed by atoms with Gasteiger partial charge in [-0.15, -0.1) is 0 Å². The van der Waals surface area contributed by atoms with E-state index in [1.165, 1.54) is 17.1 Å². The van der Waals surface area contributed by atoms with E-state index in [1.807, 2.05) is 50.2 Å². The van der Waals surface area contributed by atoms with Gasteiger partial charge in [0.25, 0.3) is 0 Å². The fourth-order valence-corrected chi connectivity index (χ4v) is 6.35. The van der Waals surface area contributed by atoms with Crippen LogP contribution in [0.25, 0.3) is 0 Å². The summed E-state index contributed by atoms with van der Waals surface area (Å²) < 4.78 is 33.7. The lowest BCUT2D eigenvalue weighted by atomic mass is 9.97. The van der Waals surface area contributed by atoms with Crippen molar-refractivity contribution in [2.75, 3.05) is 18.4 Å². The van der Waals surface area contributed by atoms with Gasteiger partial charge in [0.05, 0.1) is 11.0 Å². The minimum absolute atomic E-state index is 0.0634. The summed E-state index contributed by atoms with van der Waals surface area (Å²) in [6, 6.07) is 12.9. The summed E-state index contributed by atoms with van der Waals surface area (Å²) in [7, 11) is -3.55. The first-order valence-electron chi connectivity index (χ1n) is 11.5. The van der Waals surface area contributed by atoms with Crippen LogP contribution in [0.3, 0.4) is 0 Å². The smallest absolute Gasteiger partial charge is 0.243 e. The molecule has 0 atom stereocenters. The standard InChI is InChI=1S/C25H32N2O4S/c1-18-10-11-24(19(2)16-18)32(29,30)27-14-12-20(13-15-27)25(28)26-21-6-5-9-23(17-21)31-22-7-3-4-8-22/h5-6,9-11,16-17,20,22H,3-4,7-8,12-15H2,1-2H3,(H,26,28). The van der Waals surface area contributed by atoms with E-state index in [2.05, 4.69) is 5.32 Å². The zero-order valence-corrected chi connectivity index (χ0v) is 19.7. The van der Waals surface area contributed by atoms with Crippen molar-refractivity contribution in [1.82, 2.24) is 4.31 Å². The number of nitrogens with zero attached hydrogens (tertiary/aromatic N) is 1. The van der Waals surface area contributed by atoms with Gasteiger partial charge in [-0.3, -0.25) is 4.79 Å². The van der Waals surface area contributed by atoms with E-state index >= 15 is 0 Å². The molecule has 7 heteroatoms. The lowest BCUT2D eigenvalue weighted by Gasteiger charge is -2.31. The second-order valence-electron chi connectivity index (χ2n) is 8.99. The number of nitrogens with one attached hydrogen (secondary N) is 1. The summed E-state index contributed by atoms with van der Waals surface area (Å²) in [4.78, 5) is 13.2. The maximum Gasteiger partial charge on any atom is 0.243 e. The van der Waals surface area contributed by atoms with Gasteiger partial charge in [-0.05, 0) is 76.1 Å². The van der Waals surface area contributed by atoms with Crippen LogP contribution in [0.15, 0.2) is 47.4 Å². The van der Waals surface area contributed by atoms with E-state index in [0.717, 1.165) is 35.4 Å². The molecule has 0 unspecified atom stereocenters. The molecule has 2 aromatic rings. The largest absolute Gasteiger partial charge is 0.490 e. The molecule has 6 nitrogen and oxygen atoms in total. The third-order valence-corrected chi connectivity index (χ3v) is 8.54. The summed E-state index contributed by atoms with van der Waals surface area (Å²) in [5, 5.41) is 2.99. The van der Waals surface area contributed by atoms with Crippen molar-refractivity contribution in [1.29, 1.82) is 0 Å². The van der Waals surface area contributed by atoms with E-state index in [0.29, 0.717) is 30.8 Å². The zero-order valence-electron chi connectivity index (χ0n) is 18.8. The van der Waals surface area contributed by atoms with Gasteiger partial charge in [-0.2, -0.15) is 4.31 Å². The van der Waals surface area contributed by atoms with E-state index in [9.17, 15) is 13.2 Å². The number of rotatable bonds is 6. The highest BCUT2D eigenvalue weighted by Gasteiger charge is 2.33. The van der Waals surface area contributed by atoms with Crippen molar-refractivity contribution in [3.63, 3.8) is 0 Å². The highest BCUT2D eigenvalue weighted by molar-refractivity contribution is 7.89. The molecule has 1 aliphatic heterocycles. The Morgan fingerprint density at radius 1 is 1.00 bits per heavy atom. The number of carbonyl (C=O) groups is 1. The minimum Gasteiger partial charge on any atom is -0.490 e. The van der Waals surface area contributed by atoms with Gasteiger partial charge in [-0.25, -0.2) is 8.42 Å². The van der Waals surface area contributed by atoms with Crippen molar-refractivity contribution in [3.05, 3.63) is 53.6 Å². The molecule has 1 aliphatic carbocycles. The maximum atomic E-state index is 13.1. The summed E-state index contributed by atoms with van der Waals surface area (Å²) >= 11 is 0. The molecule has 4 rings (SSSR count). The van der Waals surface area contributed by atoms with Gasteiger partial charge in [0.1, 0.15) is 5.75 Å². The maximum absolute atomic E-state index is 13.1. The first-order chi connectivity index (χ1) is 15.3. The van der Waals surface area contributed by atoms with E-state index in [1.54, 1.807) is 6.07 Å². The zero-order chi connectivity index (χ0) is 22.7. The number of hydrogen-bond acceptors (Lipinski definition) is 4. The predicted octanol–water partition coefficient (Wildman–Crippen LogP) is 4.66. The van der Waals surface area contributed by atoms with E-state index in [4.69, 9.17) is 4.74 Å². The number of ether oxygens (including phenoxy) is 1. The monoisotopic (exact) mass is 456 g/mol. The number of hydrogen-bond donors (Lipinski definition) is 1. The van der Waals surface area contributed by atoms with Crippen LogP contribution in [-0.4, -0.2) is 37.8 Å². The van der Waals surface area contributed by atoms with Gasteiger partial charge >= 0.3 is 0 Å². The van der Waals surface area contributed by atoms with Crippen molar-refractivity contribution in [3.8, 4) is 5.75 Å². The summed E-state index contributed by atoms with van der Waals surface area (Å²) in [5.41, 5.74) is 2.51. The average Bonchev–Trinajstić information content (AvgIpc) is 3.27. The molecule has 32 heavy (non-hydrogen) atoms. The number of sulfonamides is 1. The Morgan fingerprint density at radius 2 is 1.72 bits per heavy atom. The molecular formula is C25H32N2O4S. The van der Waals surface area contributed by atoms with Gasteiger partial charge in [0.2, 0.25) is 15.9 Å². The van der Waals surface area contributed by atoms with Gasteiger partial charge < -0.3 is 10.1 Å². The van der Waals surface area contributed by atoms with E-state index < -0.39 is 10.0 Å². The van der Waals surface area contributed by atoms with Crippen LogP contribution in [-0.2, 0) is 14.8 Å². The Labute approximate surface area is 191 Å². The number of benzene rings is 2. The number of carbonyl (C=O) groups excluding carboxylic acids is 1. The highest BCUT2D eigenvalue weighted by atomic mass is 32.2. The van der Waals surface area contributed by atoms with E-state index in [-0.39, 0.29) is 17.9 Å². The highest BCUT2D eigenvalue weighted by Crippen LogP contribution is 2.28.